The zero-order valence-corrected chi connectivity index (χ0v) is 10.1. The number of carbonyl (C=O) groups is 1. The van der Waals surface area contributed by atoms with Gasteiger partial charge in [0.2, 0.25) is 5.91 Å². The van der Waals surface area contributed by atoms with Gasteiger partial charge in [-0.1, -0.05) is 25.3 Å². The maximum atomic E-state index is 12.3. The van der Waals surface area contributed by atoms with E-state index in [9.17, 15) is 4.79 Å². The fourth-order valence-electron chi connectivity index (χ4n) is 3.19. The summed E-state index contributed by atoms with van der Waals surface area (Å²) in [5.41, 5.74) is 1.86. The number of rotatable bonds is 1. The molecule has 0 radical (unpaired) electrons. The van der Waals surface area contributed by atoms with Gasteiger partial charge in [-0.15, -0.1) is 0 Å². The molecule has 17 heavy (non-hydrogen) atoms. The summed E-state index contributed by atoms with van der Waals surface area (Å²) >= 11 is 0. The Hall–Kier alpha value is -1.51. The Morgan fingerprint density at radius 3 is 2.71 bits per heavy atom. The minimum atomic E-state index is -0.250. The normalized spacial score (nSPS) is 21.1. The number of methoxy groups -OCH3 is 1. The van der Waals surface area contributed by atoms with E-state index in [0.29, 0.717) is 0 Å². The van der Waals surface area contributed by atoms with Crippen molar-refractivity contribution in [1.82, 2.24) is 0 Å². The van der Waals surface area contributed by atoms with E-state index in [4.69, 9.17) is 4.74 Å². The van der Waals surface area contributed by atoms with Gasteiger partial charge >= 0.3 is 0 Å². The van der Waals surface area contributed by atoms with Crippen LogP contribution in [0.4, 0.5) is 5.69 Å². The molecule has 1 heterocycles. The van der Waals surface area contributed by atoms with E-state index in [0.717, 1.165) is 37.1 Å². The number of benzene rings is 1. The molecule has 3 nitrogen and oxygen atoms in total. The van der Waals surface area contributed by atoms with Crippen LogP contribution in [0.15, 0.2) is 18.2 Å². The minimum Gasteiger partial charge on any atom is -0.497 e. The van der Waals surface area contributed by atoms with Crippen LogP contribution in [0.25, 0.3) is 0 Å². The number of fused-ring (bicyclic) bond motifs is 2. The Balaban J connectivity index is 2.07. The van der Waals surface area contributed by atoms with Gasteiger partial charge in [-0.2, -0.15) is 0 Å². The fraction of sp³-hybridized carbons (Fsp3) is 0.500. The summed E-state index contributed by atoms with van der Waals surface area (Å²) in [6.07, 6.45) is 5.52. The van der Waals surface area contributed by atoms with Crippen molar-refractivity contribution >= 4 is 11.6 Å². The molecule has 1 aromatic rings. The van der Waals surface area contributed by atoms with E-state index in [1.807, 2.05) is 12.1 Å². The average Bonchev–Trinajstić information content (AvgIpc) is 2.63. The maximum Gasteiger partial charge on any atom is 0.235 e. The molecule has 1 aromatic carbocycles. The van der Waals surface area contributed by atoms with Crippen LogP contribution in [-0.4, -0.2) is 13.0 Å². The van der Waals surface area contributed by atoms with Crippen LogP contribution in [0.1, 0.15) is 37.7 Å². The lowest BCUT2D eigenvalue weighted by atomic mass is 9.70. The molecule has 0 unspecified atom stereocenters. The second-order valence-corrected chi connectivity index (χ2v) is 5.01. The van der Waals surface area contributed by atoms with E-state index < -0.39 is 0 Å². The quantitative estimate of drug-likeness (QED) is 0.807. The van der Waals surface area contributed by atoms with Crippen molar-refractivity contribution in [1.29, 1.82) is 0 Å². The summed E-state index contributed by atoms with van der Waals surface area (Å²) in [5, 5.41) is 3.01. The highest BCUT2D eigenvalue weighted by atomic mass is 16.5. The van der Waals surface area contributed by atoms with E-state index in [1.165, 1.54) is 12.0 Å². The second-order valence-electron chi connectivity index (χ2n) is 5.01. The number of carbonyl (C=O) groups excluding carboxylic acids is 1. The van der Waals surface area contributed by atoms with Gasteiger partial charge in [0.05, 0.1) is 12.5 Å². The van der Waals surface area contributed by atoms with Gasteiger partial charge < -0.3 is 10.1 Å². The largest absolute Gasteiger partial charge is 0.497 e. The van der Waals surface area contributed by atoms with Gasteiger partial charge in [0.25, 0.3) is 0 Å². The molecule has 90 valence electrons. The Labute approximate surface area is 101 Å². The predicted octanol–water partition coefficient (Wildman–Crippen LogP) is 2.85. The van der Waals surface area contributed by atoms with Crippen LogP contribution < -0.4 is 10.1 Å². The molecule has 1 aliphatic heterocycles. The van der Waals surface area contributed by atoms with Crippen molar-refractivity contribution in [3.63, 3.8) is 0 Å². The van der Waals surface area contributed by atoms with E-state index in [1.54, 1.807) is 7.11 Å². The number of nitrogens with one attached hydrogen (secondary N) is 1. The number of ether oxygens (including phenoxy) is 1. The number of hydrogen-bond donors (Lipinski definition) is 1. The standard InChI is InChI=1S/C14H17NO2/c1-17-10-5-6-11-12(9-10)15-13(16)14(11)7-3-2-4-8-14/h5-6,9H,2-4,7-8H2,1H3,(H,15,16). The molecule has 0 atom stereocenters. The molecule has 2 aliphatic rings. The summed E-state index contributed by atoms with van der Waals surface area (Å²) in [5.74, 6) is 0.984. The Morgan fingerprint density at radius 1 is 1.24 bits per heavy atom. The highest BCUT2D eigenvalue weighted by Crippen LogP contribution is 2.48. The third-order valence-electron chi connectivity index (χ3n) is 4.13. The van der Waals surface area contributed by atoms with Crippen molar-refractivity contribution in [3.05, 3.63) is 23.8 Å². The van der Waals surface area contributed by atoms with Crippen LogP contribution in [0.3, 0.4) is 0 Å². The van der Waals surface area contributed by atoms with E-state index in [-0.39, 0.29) is 11.3 Å². The van der Waals surface area contributed by atoms with Gasteiger partial charge in [0, 0.05) is 11.8 Å². The molecule has 1 N–H and O–H groups in total. The first-order chi connectivity index (χ1) is 8.26. The topological polar surface area (TPSA) is 38.3 Å². The van der Waals surface area contributed by atoms with Gasteiger partial charge in [-0.05, 0) is 24.5 Å². The lowest BCUT2D eigenvalue weighted by Gasteiger charge is -2.31. The van der Waals surface area contributed by atoms with Crippen molar-refractivity contribution in [3.8, 4) is 5.75 Å². The molecule has 0 saturated heterocycles. The van der Waals surface area contributed by atoms with Gasteiger partial charge in [0.1, 0.15) is 5.75 Å². The first-order valence-corrected chi connectivity index (χ1v) is 6.26. The molecule has 0 aromatic heterocycles. The minimum absolute atomic E-state index is 0.181. The van der Waals surface area contributed by atoms with Crippen LogP contribution >= 0.6 is 0 Å². The zero-order valence-electron chi connectivity index (χ0n) is 10.1. The van der Waals surface area contributed by atoms with Crippen LogP contribution in [-0.2, 0) is 10.2 Å². The maximum absolute atomic E-state index is 12.3. The summed E-state index contributed by atoms with van der Waals surface area (Å²) < 4.78 is 5.20. The summed E-state index contributed by atoms with van der Waals surface area (Å²) in [7, 11) is 1.65. The lowest BCUT2D eigenvalue weighted by molar-refractivity contribution is -0.121. The Kier molecular flexibility index (Phi) is 2.35. The van der Waals surface area contributed by atoms with Crippen molar-refractivity contribution in [2.75, 3.05) is 12.4 Å². The first-order valence-electron chi connectivity index (χ1n) is 6.26. The SMILES string of the molecule is COc1ccc2c(c1)NC(=O)C21CCCCC1. The fourth-order valence-corrected chi connectivity index (χ4v) is 3.19. The molecule has 0 bridgehead atoms. The number of anilines is 1. The predicted molar refractivity (Wildman–Crippen MR) is 66.4 cm³/mol. The van der Waals surface area contributed by atoms with E-state index in [2.05, 4.69) is 11.4 Å². The molecular weight excluding hydrogens is 214 g/mol. The van der Waals surface area contributed by atoms with Crippen LogP contribution in [0, 0.1) is 0 Å². The highest BCUT2D eigenvalue weighted by molar-refractivity contribution is 6.06. The smallest absolute Gasteiger partial charge is 0.235 e. The third kappa shape index (κ3) is 1.45. The third-order valence-corrected chi connectivity index (χ3v) is 4.13. The summed E-state index contributed by atoms with van der Waals surface area (Å²) in [4.78, 5) is 12.3. The molecular formula is C14H17NO2. The molecule has 3 heteroatoms. The summed E-state index contributed by atoms with van der Waals surface area (Å²) in [6, 6.07) is 5.93. The Bertz CT molecular complexity index is 461. The Morgan fingerprint density at radius 2 is 2.00 bits per heavy atom. The van der Waals surface area contributed by atoms with Crippen molar-refractivity contribution < 1.29 is 9.53 Å². The number of hydrogen-bond acceptors (Lipinski definition) is 2. The molecule has 1 fully saturated rings. The van der Waals surface area contributed by atoms with Gasteiger partial charge in [-0.3, -0.25) is 4.79 Å². The van der Waals surface area contributed by atoms with Gasteiger partial charge in [0.15, 0.2) is 0 Å². The number of amides is 1. The lowest BCUT2D eigenvalue weighted by Crippen LogP contribution is -2.36. The monoisotopic (exact) mass is 231 g/mol. The summed E-state index contributed by atoms with van der Waals surface area (Å²) in [6.45, 7) is 0. The molecule has 1 saturated carbocycles. The molecule has 1 spiro atoms. The van der Waals surface area contributed by atoms with Crippen LogP contribution in [0.5, 0.6) is 5.75 Å². The molecule has 3 rings (SSSR count). The average molecular weight is 231 g/mol. The zero-order chi connectivity index (χ0) is 11.9. The first kappa shape index (κ1) is 10.6. The highest BCUT2D eigenvalue weighted by Gasteiger charge is 2.46. The van der Waals surface area contributed by atoms with Crippen molar-refractivity contribution in [2.24, 2.45) is 0 Å². The van der Waals surface area contributed by atoms with E-state index >= 15 is 0 Å². The second kappa shape index (κ2) is 3.76. The van der Waals surface area contributed by atoms with Crippen molar-refractivity contribution in [2.45, 2.75) is 37.5 Å². The molecule has 1 amide bonds. The molecule has 1 aliphatic carbocycles. The van der Waals surface area contributed by atoms with Crippen LogP contribution in [0.2, 0.25) is 0 Å². The van der Waals surface area contributed by atoms with Gasteiger partial charge in [-0.25, -0.2) is 0 Å².